The molecule has 0 saturated carbocycles. The molecule has 0 amide bonds. The first kappa shape index (κ1) is 17.0. The van der Waals surface area contributed by atoms with Gasteiger partial charge < -0.3 is 15.0 Å². The van der Waals surface area contributed by atoms with Crippen LogP contribution in [0, 0.1) is 0 Å². The second-order valence-corrected chi connectivity index (χ2v) is 7.76. The molecular formula is C19H27N3O2. The van der Waals surface area contributed by atoms with E-state index in [1.807, 2.05) is 7.05 Å². The van der Waals surface area contributed by atoms with Crippen LogP contribution in [0.15, 0.2) is 18.3 Å². The fourth-order valence-electron chi connectivity index (χ4n) is 3.47. The van der Waals surface area contributed by atoms with Crippen molar-refractivity contribution in [2.75, 3.05) is 7.11 Å². The van der Waals surface area contributed by atoms with Crippen molar-refractivity contribution >= 4 is 16.9 Å². The van der Waals surface area contributed by atoms with Crippen LogP contribution in [0.25, 0.3) is 10.9 Å². The number of rotatable bonds is 3. The van der Waals surface area contributed by atoms with Gasteiger partial charge in [0, 0.05) is 49.2 Å². The maximum Gasteiger partial charge on any atom is 0.322 e. The number of benzene rings is 1. The zero-order valence-corrected chi connectivity index (χ0v) is 15.2. The van der Waals surface area contributed by atoms with E-state index in [9.17, 15) is 4.79 Å². The molecule has 0 radical (unpaired) electrons. The number of aromatic nitrogens is 1. The van der Waals surface area contributed by atoms with Crippen molar-refractivity contribution in [1.29, 1.82) is 0 Å². The summed E-state index contributed by atoms with van der Waals surface area (Å²) in [6, 6.07) is 3.93. The summed E-state index contributed by atoms with van der Waals surface area (Å²) < 4.78 is 6.87. The number of carbonyl (C=O) groups excluding carboxylic acids is 1. The maximum atomic E-state index is 11.6. The molecule has 1 atom stereocenters. The molecule has 3 rings (SSSR count). The fourth-order valence-corrected chi connectivity index (χ4v) is 3.47. The van der Waals surface area contributed by atoms with E-state index in [2.05, 4.69) is 48.6 Å². The van der Waals surface area contributed by atoms with Crippen LogP contribution in [0.2, 0.25) is 0 Å². The lowest BCUT2D eigenvalue weighted by atomic mass is 10.0. The Labute approximate surface area is 143 Å². The predicted molar refractivity (Wildman–Crippen MR) is 95.6 cm³/mol. The molecule has 1 aliphatic heterocycles. The molecule has 1 unspecified atom stereocenters. The zero-order chi connectivity index (χ0) is 17.6. The van der Waals surface area contributed by atoms with E-state index in [0.717, 1.165) is 18.7 Å². The number of methoxy groups -OCH3 is 1. The van der Waals surface area contributed by atoms with Crippen LogP contribution in [0.5, 0.6) is 0 Å². The SMILES string of the molecule is COC(=O)C(N)Cc1cn(C)c2cc3c(cc12)CN(C(C)(C)C)C3. The highest BCUT2D eigenvalue weighted by Crippen LogP contribution is 2.33. The summed E-state index contributed by atoms with van der Waals surface area (Å²) in [4.78, 5) is 14.1. The Morgan fingerprint density at radius 2 is 1.92 bits per heavy atom. The number of esters is 1. The van der Waals surface area contributed by atoms with Crippen molar-refractivity contribution in [2.45, 2.75) is 51.9 Å². The lowest BCUT2D eigenvalue weighted by molar-refractivity contribution is -0.142. The Balaban J connectivity index is 1.97. The van der Waals surface area contributed by atoms with Gasteiger partial charge in [-0.25, -0.2) is 0 Å². The fraction of sp³-hybridized carbons (Fsp3) is 0.526. The molecule has 130 valence electrons. The summed E-state index contributed by atoms with van der Waals surface area (Å²) in [5.74, 6) is -0.368. The number of hydrogen-bond acceptors (Lipinski definition) is 4. The molecule has 2 heterocycles. The number of carbonyl (C=O) groups is 1. The van der Waals surface area contributed by atoms with E-state index in [0.29, 0.717) is 6.42 Å². The molecule has 1 aliphatic rings. The van der Waals surface area contributed by atoms with Gasteiger partial charge >= 0.3 is 5.97 Å². The quantitative estimate of drug-likeness (QED) is 0.878. The van der Waals surface area contributed by atoms with E-state index >= 15 is 0 Å². The van der Waals surface area contributed by atoms with Gasteiger partial charge in [-0.2, -0.15) is 0 Å². The number of fused-ring (bicyclic) bond motifs is 2. The molecule has 0 fully saturated rings. The van der Waals surface area contributed by atoms with Gasteiger partial charge in [-0.15, -0.1) is 0 Å². The van der Waals surface area contributed by atoms with Crippen LogP contribution in [-0.2, 0) is 36.1 Å². The lowest BCUT2D eigenvalue weighted by Crippen LogP contribution is -2.36. The first-order valence-corrected chi connectivity index (χ1v) is 8.39. The molecule has 5 nitrogen and oxygen atoms in total. The third kappa shape index (κ3) is 2.94. The Bertz CT molecular complexity index is 786. The van der Waals surface area contributed by atoms with Gasteiger partial charge in [-0.1, -0.05) is 0 Å². The monoisotopic (exact) mass is 329 g/mol. The number of nitrogens with two attached hydrogens (primary N) is 1. The van der Waals surface area contributed by atoms with Gasteiger partial charge in [0.25, 0.3) is 0 Å². The van der Waals surface area contributed by atoms with Gasteiger partial charge in [0.05, 0.1) is 7.11 Å². The number of aryl methyl sites for hydroxylation is 1. The molecule has 0 saturated heterocycles. The molecule has 0 bridgehead atoms. The summed E-state index contributed by atoms with van der Waals surface area (Å²) in [6.45, 7) is 8.70. The minimum atomic E-state index is -0.625. The molecule has 0 aliphatic carbocycles. The lowest BCUT2D eigenvalue weighted by Gasteiger charge is -2.31. The smallest absolute Gasteiger partial charge is 0.322 e. The molecule has 24 heavy (non-hydrogen) atoms. The first-order chi connectivity index (χ1) is 11.2. The molecule has 2 N–H and O–H groups in total. The Morgan fingerprint density at radius 3 is 2.50 bits per heavy atom. The van der Waals surface area contributed by atoms with Crippen molar-refractivity contribution in [3.05, 3.63) is 35.0 Å². The van der Waals surface area contributed by atoms with E-state index in [-0.39, 0.29) is 11.5 Å². The van der Waals surface area contributed by atoms with Crippen molar-refractivity contribution in [2.24, 2.45) is 12.8 Å². The van der Waals surface area contributed by atoms with Crippen LogP contribution >= 0.6 is 0 Å². The molecule has 2 aromatic rings. The van der Waals surface area contributed by atoms with Gasteiger partial charge in [0.1, 0.15) is 6.04 Å². The standard InChI is InChI=1S/C19H27N3O2/c1-19(2,3)22-10-12-6-15-14(7-16(20)18(23)24-5)9-21(4)17(15)8-13(12)11-22/h6,8-9,16H,7,10-11,20H2,1-5H3. The Kier molecular flexibility index (Phi) is 4.18. The van der Waals surface area contributed by atoms with E-state index in [1.54, 1.807) is 0 Å². The minimum absolute atomic E-state index is 0.154. The van der Waals surface area contributed by atoms with Gasteiger partial charge in [-0.05, 0) is 49.6 Å². The summed E-state index contributed by atoms with van der Waals surface area (Å²) in [5, 5.41) is 1.19. The molecule has 0 spiro atoms. The molecule has 1 aromatic carbocycles. The minimum Gasteiger partial charge on any atom is -0.468 e. The van der Waals surface area contributed by atoms with Gasteiger partial charge in [-0.3, -0.25) is 9.69 Å². The van der Waals surface area contributed by atoms with Gasteiger partial charge in [0.2, 0.25) is 0 Å². The number of ether oxygens (including phenoxy) is 1. The van der Waals surface area contributed by atoms with E-state index in [1.165, 1.54) is 29.1 Å². The Morgan fingerprint density at radius 1 is 1.29 bits per heavy atom. The van der Waals surface area contributed by atoms with Crippen LogP contribution < -0.4 is 5.73 Å². The first-order valence-electron chi connectivity index (χ1n) is 8.39. The van der Waals surface area contributed by atoms with E-state index < -0.39 is 6.04 Å². The average Bonchev–Trinajstić information content (AvgIpc) is 3.06. The predicted octanol–water partition coefficient (Wildman–Crippen LogP) is 2.34. The van der Waals surface area contributed by atoms with Crippen molar-refractivity contribution in [3.8, 4) is 0 Å². The highest BCUT2D eigenvalue weighted by molar-refractivity contribution is 5.87. The molecular weight excluding hydrogens is 302 g/mol. The third-order valence-electron chi connectivity index (χ3n) is 5.01. The Hall–Kier alpha value is -1.85. The second kappa shape index (κ2) is 5.90. The van der Waals surface area contributed by atoms with Crippen LogP contribution in [0.1, 0.15) is 37.5 Å². The number of nitrogens with zero attached hydrogens (tertiary/aromatic N) is 2. The summed E-state index contributed by atoms with van der Waals surface area (Å²) >= 11 is 0. The summed E-state index contributed by atoms with van der Waals surface area (Å²) in [5.41, 5.74) is 11.2. The van der Waals surface area contributed by atoms with Crippen LogP contribution in [0.3, 0.4) is 0 Å². The highest BCUT2D eigenvalue weighted by atomic mass is 16.5. The molecule has 1 aromatic heterocycles. The molecule has 5 heteroatoms. The van der Waals surface area contributed by atoms with Crippen molar-refractivity contribution in [1.82, 2.24) is 9.47 Å². The largest absolute Gasteiger partial charge is 0.468 e. The highest BCUT2D eigenvalue weighted by Gasteiger charge is 2.29. The summed E-state index contributed by atoms with van der Waals surface area (Å²) in [6.07, 6.45) is 2.57. The second-order valence-electron chi connectivity index (χ2n) is 7.76. The summed E-state index contributed by atoms with van der Waals surface area (Å²) in [7, 11) is 3.41. The topological polar surface area (TPSA) is 60.5 Å². The van der Waals surface area contributed by atoms with Crippen molar-refractivity contribution < 1.29 is 9.53 Å². The number of hydrogen-bond donors (Lipinski definition) is 1. The van der Waals surface area contributed by atoms with Gasteiger partial charge in [0.15, 0.2) is 0 Å². The van der Waals surface area contributed by atoms with Crippen LogP contribution in [0.4, 0.5) is 0 Å². The third-order valence-corrected chi connectivity index (χ3v) is 5.01. The van der Waals surface area contributed by atoms with Crippen molar-refractivity contribution in [3.63, 3.8) is 0 Å². The zero-order valence-electron chi connectivity index (χ0n) is 15.2. The van der Waals surface area contributed by atoms with E-state index in [4.69, 9.17) is 10.5 Å². The normalized spacial score (nSPS) is 16.4. The maximum absolute atomic E-state index is 11.6. The average molecular weight is 329 g/mol. The van der Waals surface area contributed by atoms with Crippen LogP contribution in [-0.4, -0.2) is 34.1 Å².